The molecule has 0 saturated carbocycles. The maximum absolute atomic E-state index is 10.9. The van der Waals surface area contributed by atoms with Gasteiger partial charge in [-0.05, 0) is 30.3 Å². The summed E-state index contributed by atoms with van der Waals surface area (Å²) in [5.74, 6) is 6.39. The van der Waals surface area contributed by atoms with Crippen molar-refractivity contribution in [2.45, 2.75) is 0 Å². The Morgan fingerprint density at radius 3 is 2.40 bits per heavy atom. The lowest BCUT2D eigenvalue weighted by Gasteiger charge is -2.07. The van der Waals surface area contributed by atoms with Gasteiger partial charge in [-0.15, -0.1) is 0 Å². The SMILES string of the molecule is COc1ccc(Oc2nc(NN)ccc2[N+](=O)[O-])cc1. The number of nitrogen functional groups attached to an aromatic ring is 1. The third-order valence-electron chi connectivity index (χ3n) is 2.46. The molecule has 0 bridgehead atoms. The number of benzene rings is 1. The highest BCUT2D eigenvalue weighted by Crippen LogP contribution is 2.31. The molecule has 0 fully saturated rings. The van der Waals surface area contributed by atoms with Crippen molar-refractivity contribution in [3.05, 3.63) is 46.5 Å². The minimum Gasteiger partial charge on any atom is -0.497 e. The molecule has 8 heteroatoms. The van der Waals surface area contributed by atoms with Crippen LogP contribution in [-0.2, 0) is 0 Å². The number of pyridine rings is 1. The second-order valence-corrected chi connectivity index (χ2v) is 3.70. The number of anilines is 1. The zero-order valence-electron chi connectivity index (χ0n) is 10.6. The average Bonchev–Trinajstić information content (AvgIpc) is 2.47. The zero-order valence-corrected chi connectivity index (χ0v) is 10.6. The van der Waals surface area contributed by atoms with E-state index in [-0.39, 0.29) is 17.4 Å². The van der Waals surface area contributed by atoms with Gasteiger partial charge in [-0.1, -0.05) is 0 Å². The number of ether oxygens (including phenoxy) is 2. The number of nitro groups is 1. The average molecular weight is 276 g/mol. The van der Waals surface area contributed by atoms with Crippen molar-refractivity contribution in [1.82, 2.24) is 4.98 Å². The number of nitrogens with one attached hydrogen (secondary N) is 1. The first-order chi connectivity index (χ1) is 9.63. The summed E-state index contributed by atoms with van der Waals surface area (Å²) in [7, 11) is 1.54. The van der Waals surface area contributed by atoms with Crippen molar-refractivity contribution in [2.75, 3.05) is 12.5 Å². The lowest BCUT2D eigenvalue weighted by molar-refractivity contribution is -0.386. The van der Waals surface area contributed by atoms with Crippen molar-refractivity contribution < 1.29 is 14.4 Å². The van der Waals surface area contributed by atoms with Gasteiger partial charge in [0, 0.05) is 6.07 Å². The Kier molecular flexibility index (Phi) is 3.96. The first-order valence-electron chi connectivity index (χ1n) is 5.58. The van der Waals surface area contributed by atoms with Gasteiger partial charge in [0.15, 0.2) is 0 Å². The van der Waals surface area contributed by atoms with Gasteiger partial charge in [0.1, 0.15) is 17.3 Å². The Labute approximate surface area is 114 Å². The van der Waals surface area contributed by atoms with Gasteiger partial charge in [-0.3, -0.25) is 10.1 Å². The molecule has 0 saturated heterocycles. The second kappa shape index (κ2) is 5.85. The molecule has 0 aliphatic heterocycles. The van der Waals surface area contributed by atoms with Crippen LogP contribution >= 0.6 is 0 Å². The zero-order chi connectivity index (χ0) is 14.5. The van der Waals surface area contributed by atoms with E-state index in [1.54, 1.807) is 31.4 Å². The number of methoxy groups -OCH3 is 1. The predicted octanol–water partition coefficient (Wildman–Crippen LogP) is 2.08. The van der Waals surface area contributed by atoms with Gasteiger partial charge in [-0.2, -0.15) is 4.98 Å². The fourth-order valence-corrected chi connectivity index (χ4v) is 1.48. The predicted molar refractivity (Wildman–Crippen MR) is 71.8 cm³/mol. The lowest BCUT2D eigenvalue weighted by Crippen LogP contribution is -2.09. The van der Waals surface area contributed by atoms with Crippen LogP contribution < -0.4 is 20.7 Å². The highest BCUT2D eigenvalue weighted by Gasteiger charge is 2.18. The molecule has 20 heavy (non-hydrogen) atoms. The van der Waals surface area contributed by atoms with Crippen LogP contribution in [0.5, 0.6) is 17.4 Å². The highest BCUT2D eigenvalue weighted by molar-refractivity contribution is 5.50. The van der Waals surface area contributed by atoms with Crippen LogP contribution in [0.15, 0.2) is 36.4 Å². The van der Waals surface area contributed by atoms with E-state index >= 15 is 0 Å². The Bertz CT molecular complexity index is 615. The topological polar surface area (TPSA) is 113 Å². The molecule has 1 heterocycles. The summed E-state index contributed by atoms with van der Waals surface area (Å²) in [5, 5.41) is 10.9. The molecule has 1 aromatic heterocycles. The van der Waals surface area contributed by atoms with Gasteiger partial charge < -0.3 is 14.9 Å². The molecule has 0 spiro atoms. The third kappa shape index (κ3) is 2.93. The van der Waals surface area contributed by atoms with Gasteiger partial charge in [-0.25, -0.2) is 5.84 Å². The summed E-state index contributed by atoms with van der Waals surface area (Å²) in [4.78, 5) is 14.3. The molecule has 2 aromatic rings. The van der Waals surface area contributed by atoms with Crippen molar-refractivity contribution in [2.24, 2.45) is 5.84 Å². The fourth-order valence-electron chi connectivity index (χ4n) is 1.48. The fraction of sp³-hybridized carbons (Fsp3) is 0.0833. The normalized spacial score (nSPS) is 9.90. The number of nitrogens with two attached hydrogens (primary N) is 1. The molecule has 0 aliphatic rings. The van der Waals surface area contributed by atoms with Gasteiger partial charge in [0.2, 0.25) is 0 Å². The number of rotatable bonds is 5. The first kappa shape index (κ1) is 13.6. The van der Waals surface area contributed by atoms with E-state index in [0.29, 0.717) is 11.5 Å². The van der Waals surface area contributed by atoms with E-state index < -0.39 is 4.92 Å². The largest absolute Gasteiger partial charge is 0.497 e. The molecule has 104 valence electrons. The van der Waals surface area contributed by atoms with Crippen LogP contribution in [0.3, 0.4) is 0 Å². The molecule has 8 nitrogen and oxygen atoms in total. The van der Waals surface area contributed by atoms with Crippen molar-refractivity contribution >= 4 is 11.5 Å². The van der Waals surface area contributed by atoms with Crippen LogP contribution in [0, 0.1) is 10.1 Å². The van der Waals surface area contributed by atoms with E-state index in [4.69, 9.17) is 15.3 Å². The quantitative estimate of drug-likeness (QED) is 0.488. The van der Waals surface area contributed by atoms with Crippen molar-refractivity contribution in [3.63, 3.8) is 0 Å². The molecule has 0 unspecified atom stereocenters. The molecule has 0 radical (unpaired) electrons. The van der Waals surface area contributed by atoms with E-state index in [0.717, 1.165) is 0 Å². The number of hydrogen-bond donors (Lipinski definition) is 2. The molecule has 3 N–H and O–H groups in total. The van der Waals surface area contributed by atoms with Crippen LogP contribution in [0.4, 0.5) is 11.5 Å². The summed E-state index contributed by atoms with van der Waals surface area (Å²) in [6.07, 6.45) is 0. The number of hydrazine groups is 1. The van der Waals surface area contributed by atoms with Crippen molar-refractivity contribution in [1.29, 1.82) is 0 Å². The number of hydrogen-bond acceptors (Lipinski definition) is 7. The standard InChI is InChI=1S/C12H12N4O4/c1-19-8-2-4-9(5-3-8)20-12-10(16(17)18)6-7-11(14-12)15-13/h2-7H,13H2,1H3,(H,14,15). The maximum atomic E-state index is 10.9. The summed E-state index contributed by atoms with van der Waals surface area (Å²) >= 11 is 0. The maximum Gasteiger partial charge on any atom is 0.331 e. The second-order valence-electron chi connectivity index (χ2n) is 3.70. The van der Waals surface area contributed by atoms with Gasteiger partial charge in [0.05, 0.1) is 12.0 Å². The molecule has 1 aromatic carbocycles. The van der Waals surface area contributed by atoms with Crippen LogP contribution in [0.2, 0.25) is 0 Å². The summed E-state index contributed by atoms with van der Waals surface area (Å²) in [5.41, 5.74) is 2.05. The monoisotopic (exact) mass is 276 g/mol. The molecular weight excluding hydrogens is 264 g/mol. The Balaban J connectivity index is 2.32. The van der Waals surface area contributed by atoms with Crippen LogP contribution in [0.25, 0.3) is 0 Å². The van der Waals surface area contributed by atoms with E-state index in [9.17, 15) is 10.1 Å². The number of nitrogens with zero attached hydrogens (tertiary/aromatic N) is 2. The summed E-state index contributed by atoms with van der Waals surface area (Å²) < 4.78 is 10.4. The van der Waals surface area contributed by atoms with Gasteiger partial charge >= 0.3 is 11.6 Å². The molecule has 2 rings (SSSR count). The van der Waals surface area contributed by atoms with Crippen LogP contribution in [-0.4, -0.2) is 17.0 Å². The Morgan fingerprint density at radius 1 is 1.20 bits per heavy atom. The summed E-state index contributed by atoms with van der Waals surface area (Å²) in [6, 6.07) is 9.23. The molecule has 0 amide bonds. The van der Waals surface area contributed by atoms with Crippen LogP contribution in [0.1, 0.15) is 0 Å². The Morgan fingerprint density at radius 2 is 1.85 bits per heavy atom. The lowest BCUT2D eigenvalue weighted by atomic mass is 10.3. The highest BCUT2D eigenvalue weighted by atomic mass is 16.6. The van der Waals surface area contributed by atoms with Crippen molar-refractivity contribution in [3.8, 4) is 17.4 Å². The number of aromatic nitrogens is 1. The van der Waals surface area contributed by atoms with Gasteiger partial charge in [0.25, 0.3) is 0 Å². The van der Waals surface area contributed by atoms with E-state index in [2.05, 4.69) is 10.4 Å². The minimum atomic E-state index is -0.577. The first-order valence-corrected chi connectivity index (χ1v) is 5.58. The molecule has 0 aliphatic carbocycles. The Hall–Kier alpha value is -2.87. The molecule has 0 atom stereocenters. The molecular formula is C12H12N4O4. The van der Waals surface area contributed by atoms with E-state index in [1.807, 2.05) is 0 Å². The third-order valence-corrected chi connectivity index (χ3v) is 2.46. The summed E-state index contributed by atoms with van der Waals surface area (Å²) in [6.45, 7) is 0. The smallest absolute Gasteiger partial charge is 0.331 e. The van der Waals surface area contributed by atoms with E-state index in [1.165, 1.54) is 12.1 Å². The minimum absolute atomic E-state index is 0.143.